The molecule has 1 aromatic carbocycles. The van der Waals surface area contributed by atoms with Gasteiger partial charge in [0, 0.05) is 17.3 Å². The lowest BCUT2D eigenvalue weighted by Gasteiger charge is -2.21. The molecule has 0 fully saturated rings. The molecule has 0 radical (unpaired) electrons. The Hall–Kier alpha value is -2.83. The number of aryl methyl sites for hydroxylation is 1. The second-order valence-electron chi connectivity index (χ2n) is 5.63. The van der Waals surface area contributed by atoms with Crippen LogP contribution in [0.1, 0.15) is 5.56 Å². The number of halogens is 1. The number of hydrogen-bond acceptors (Lipinski definition) is 6. The van der Waals surface area contributed by atoms with Crippen LogP contribution in [-0.2, 0) is 0 Å². The maximum Gasteiger partial charge on any atom is 0.219 e. The van der Waals surface area contributed by atoms with Crippen LogP contribution >= 0.6 is 11.6 Å². The molecule has 2 aromatic heterocycles. The zero-order valence-corrected chi connectivity index (χ0v) is 14.1. The molecule has 0 saturated carbocycles. The highest BCUT2D eigenvalue weighted by Gasteiger charge is 2.29. The summed E-state index contributed by atoms with van der Waals surface area (Å²) in [5.41, 5.74) is 2.45. The summed E-state index contributed by atoms with van der Waals surface area (Å²) in [4.78, 5) is 10.3. The van der Waals surface area contributed by atoms with Gasteiger partial charge in [-0.25, -0.2) is 9.97 Å². The van der Waals surface area contributed by atoms with Gasteiger partial charge in [-0.05, 0) is 42.8 Å². The van der Waals surface area contributed by atoms with E-state index < -0.39 is 6.35 Å². The Bertz CT molecular complexity index is 917. The molecule has 25 heavy (non-hydrogen) atoms. The second kappa shape index (κ2) is 6.23. The second-order valence-corrected chi connectivity index (χ2v) is 6.04. The van der Waals surface area contributed by atoms with E-state index in [1.165, 1.54) is 0 Å². The van der Waals surface area contributed by atoms with Crippen molar-refractivity contribution in [3.63, 3.8) is 0 Å². The minimum Gasteiger partial charge on any atom is -0.439 e. The first kappa shape index (κ1) is 15.7. The number of anilines is 3. The van der Waals surface area contributed by atoms with Crippen LogP contribution in [0.3, 0.4) is 0 Å². The molecule has 3 aromatic rings. The number of fused-ring (bicyclic) bond motifs is 1. The number of hydrogen-bond donors (Lipinski definition) is 2. The molecule has 0 amide bonds. The molecule has 0 saturated heterocycles. The van der Waals surface area contributed by atoms with Crippen molar-refractivity contribution in [3.8, 4) is 11.6 Å². The number of rotatable bonds is 3. The SMILES string of the molecule is Cc1ccc(Oc2ccc(N3c4ncccc4NC3O)cn2)cc1Cl. The van der Waals surface area contributed by atoms with Crippen LogP contribution in [0.25, 0.3) is 0 Å². The molecule has 1 aliphatic heterocycles. The molecule has 1 unspecified atom stereocenters. The Labute approximate surface area is 149 Å². The van der Waals surface area contributed by atoms with Crippen molar-refractivity contribution in [2.24, 2.45) is 0 Å². The number of aromatic nitrogens is 2. The van der Waals surface area contributed by atoms with Gasteiger partial charge in [0.2, 0.25) is 12.2 Å². The lowest BCUT2D eigenvalue weighted by molar-refractivity contribution is 0.216. The van der Waals surface area contributed by atoms with E-state index in [0.717, 1.165) is 11.3 Å². The molecule has 6 nitrogen and oxygen atoms in total. The van der Waals surface area contributed by atoms with Gasteiger partial charge in [-0.15, -0.1) is 0 Å². The highest BCUT2D eigenvalue weighted by molar-refractivity contribution is 6.31. The fourth-order valence-electron chi connectivity index (χ4n) is 2.62. The van der Waals surface area contributed by atoms with E-state index >= 15 is 0 Å². The van der Waals surface area contributed by atoms with E-state index in [4.69, 9.17) is 16.3 Å². The number of benzene rings is 1. The van der Waals surface area contributed by atoms with Crippen molar-refractivity contribution in [2.75, 3.05) is 10.2 Å². The van der Waals surface area contributed by atoms with Crippen LogP contribution in [0.5, 0.6) is 11.6 Å². The fourth-order valence-corrected chi connectivity index (χ4v) is 2.79. The van der Waals surface area contributed by atoms with Crippen molar-refractivity contribution in [1.29, 1.82) is 0 Å². The van der Waals surface area contributed by atoms with Crippen LogP contribution in [-0.4, -0.2) is 21.4 Å². The van der Waals surface area contributed by atoms with Gasteiger partial charge in [0.1, 0.15) is 5.75 Å². The van der Waals surface area contributed by atoms with Crippen molar-refractivity contribution in [1.82, 2.24) is 9.97 Å². The minimum absolute atomic E-state index is 0.437. The van der Waals surface area contributed by atoms with Crippen molar-refractivity contribution < 1.29 is 9.84 Å². The number of ether oxygens (including phenoxy) is 1. The molecule has 2 N–H and O–H groups in total. The minimum atomic E-state index is -0.894. The third-order valence-corrected chi connectivity index (χ3v) is 4.32. The molecular weight excluding hydrogens is 340 g/mol. The first-order chi connectivity index (χ1) is 12.1. The van der Waals surface area contributed by atoms with Gasteiger partial charge in [0.15, 0.2) is 5.82 Å². The normalized spacial score (nSPS) is 15.6. The van der Waals surface area contributed by atoms with Crippen LogP contribution < -0.4 is 15.0 Å². The van der Waals surface area contributed by atoms with Crippen LogP contribution in [0.15, 0.2) is 54.9 Å². The van der Waals surface area contributed by atoms with Gasteiger partial charge >= 0.3 is 0 Å². The Morgan fingerprint density at radius 3 is 2.84 bits per heavy atom. The lowest BCUT2D eigenvalue weighted by Crippen LogP contribution is -2.31. The molecule has 1 aliphatic rings. The molecule has 0 aliphatic carbocycles. The van der Waals surface area contributed by atoms with Gasteiger partial charge < -0.3 is 15.2 Å². The van der Waals surface area contributed by atoms with Gasteiger partial charge in [0.05, 0.1) is 17.6 Å². The van der Waals surface area contributed by atoms with E-state index in [1.807, 2.05) is 37.3 Å². The van der Waals surface area contributed by atoms with E-state index in [1.54, 1.807) is 29.4 Å². The average Bonchev–Trinajstić information content (AvgIpc) is 2.95. The zero-order chi connectivity index (χ0) is 17.4. The third-order valence-electron chi connectivity index (χ3n) is 3.91. The summed E-state index contributed by atoms with van der Waals surface area (Å²) in [5, 5.41) is 13.8. The Morgan fingerprint density at radius 1 is 1.20 bits per heavy atom. The first-order valence-corrected chi connectivity index (χ1v) is 8.08. The van der Waals surface area contributed by atoms with E-state index in [0.29, 0.717) is 28.2 Å². The topological polar surface area (TPSA) is 70.5 Å². The predicted molar refractivity (Wildman–Crippen MR) is 96.5 cm³/mol. The number of nitrogens with zero attached hydrogens (tertiary/aromatic N) is 3. The summed E-state index contributed by atoms with van der Waals surface area (Å²) >= 11 is 6.11. The predicted octanol–water partition coefficient (Wildman–Crippen LogP) is 4.07. The highest BCUT2D eigenvalue weighted by Crippen LogP contribution is 2.37. The summed E-state index contributed by atoms with van der Waals surface area (Å²) in [6.45, 7) is 1.93. The molecule has 126 valence electrons. The summed E-state index contributed by atoms with van der Waals surface area (Å²) < 4.78 is 5.72. The maximum absolute atomic E-state index is 10.2. The highest BCUT2D eigenvalue weighted by atomic mass is 35.5. The number of nitrogens with one attached hydrogen (secondary N) is 1. The van der Waals surface area contributed by atoms with Crippen molar-refractivity contribution in [3.05, 3.63) is 65.4 Å². The standard InChI is InChI=1S/C18H15ClN4O2/c1-11-4-6-13(9-14(11)19)25-16-7-5-12(10-21-16)23-17-15(22-18(23)24)3-2-8-20-17/h2-10,18,22,24H,1H3. The molecular formula is C18H15ClN4O2. The van der Waals surface area contributed by atoms with Gasteiger partial charge in [-0.1, -0.05) is 17.7 Å². The summed E-state index contributed by atoms with van der Waals surface area (Å²) in [7, 11) is 0. The molecule has 0 spiro atoms. The van der Waals surface area contributed by atoms with Crippen LogP contribution in [0.4, 0.5) is 17.2 Å². The lowest BCUT2D eigenvalue weighted by atomic mass is 10.2. The van der Waals surface area contributed by atoms with E-state index in [-0.39, 0.29) is 0 Å². The molecule has 0 bridgehead atoms. The summed E-state index contributed by atoms with van der Waals surface area (Å²) in [6.07, 6.45) is 2.41. The molecule has 4 rings (SSSR count). The van der Waals surface area contributed by atoms with Gasteiger partial charge in [0.25, 0.3) is 0 Å². The maximum atomic E-state index is 10.2. The van der Waals surface area contributed by atoms with Crippen LogP contribution in [0, 0.1) is 6.92 Å². The van der Waals surface area contributed by atoms with E-state index in [9.17, 15) is 5.11 Å². The van der Waals surface area contributed by atoms with Crippen LogP contribution in [0.2, 0.25) is 5.02 Å². The average molecular weight is 355 g/mol. The fraction of sp³-hybridized carbons (Fsp3) is 0.111. The molecule has 7 heteroatoms. The number of pyridine rings is 2. The largest absolute Gasteiger partial charge is 0.439 e. The Kier molecular flexibility index (Phi) is 3.91. The van der Waals surface area contributed by atoms with Gasteiger partial charge in [-0.2, -0.15) is 0 Å². The van der Waals surface area contributed by atoms with Crippen molar-refractivity contribution in [2.45, 2.75) is 13.3 Å². The smallest absolute Gasteiger partial charge is 0.219 e. The Balaban J connectivity index is 1.57. The monoisotopic (exact) mass is 354 g/mol. The Morgan fingerprint density at radius 2 is 2.08 bits per heavy atom. The summed E-state index contributed by atoms with van der Waals surface area (Å²) in [5.74, 6) is 1.70. The molecule has 1 atom stereocenters. The number of aliphatic hydroxyl groups excluding tert-OH is 1. The zero-order valence-electron chi connectivity index (χ0n) is 13.3. The van der Waals surface area contributed by atoms with Crippen molar-refractivity contribution >= 4 is 28.8 Å². The first-order valence-electron chi connectivity index (χ1n) is 7.71. The quantitative estimate of drug-likeness (QED) is 0.738. The van der Waals surface area contributed by atoms with E-state index in [2.05, 4.69) is 15.3 Å². The number of aliphatic hydroxyl groups is 1. The summed E-state index contributed by atoms with van der Waals surface area (Å²) in [6, 6.07) is 12.7. The molecule has 3 heterocycles. The van der Waals surface area contributed by atoms with Gasteiger partial charge in [-0.3, -0.25) is 4.90 Å². The third kappa shape index (κ3) is 2.97.